The highest BCUT2D eigenvalue weighted by Gasteiger charge is 2.13. The van der Waals surface area contributed by atoms with Crippen molar-refractivity contribution in [3.8, 4) is 0 Å². The number of nitrogens with zero attached hydrogens (tertiary/aromatic N) is 2. The van der Waals surface area contributed by atoms with E-state index in [0.29, 0.717) is 6.54 Å². The average molecular weight is 222 g/mol. The van der Waals surface area contributed by atoms with Crippen LogP contribution in [0.3, 0.4) is 0 Å². The number of carbonyl (C=O) groups is 1. The molecule has 2 heterocycles. The van der Waals surface area contributed by atoms with Crippen LogP contribution in [-0.4, -0.2) is 35.3 Å². The molecule has 1 fully saturated rings. The maximum atomic E-state index is 11.5. The molecule has 1 atom stereocenters. The minimum atomic E-state index is 0.0367. The summed E-state index contributed by atoms with van der Waals surface area (Å²) in [7, 11) is 0. The normalized spacial score (nSPS) is 19.9. The lowest BCUT2D eigenvalue weighted by molar-refractivity contribution is -0.121. The van der Waals surface area contributed by atoms with Gasteiger partial charge in [-0.25, -0.2) is 0 Å². The van der Waals surface area contributed by atoms with Crippen LogP contribution in [0.1, 0.15) is 12.8 Å². The van der Waals surface area contributed by atoms with E-state index in [9.17, 15) is 4.79 Å². The second-order valence-electron chi connectivity index (χ2n) is 4.20. The van der Waals surface area contributed by atoms with Crippen molar-refractivity contribution in [2.75, 3.05) is 19.6 Å². The number of nitrogens with one attached hydrogen (secondary N) is 2. The summed E-state index contributed by atoms with van der Waals surface area (Å²) in [5, 5.41) is 10.2. The standard InChI is InChI=1S/C11H18N4O/c16-11(9-15-7-1-4-14-15)13-6-3-10-2-5-12-8-10/h1,4,7,10,12H,2-3,5-6,8-9H2,(H,13,16). The zero-order valence-electron chi connectivity index (χ0n) is 9.35. The molecule has 0 saturated carbocycles. The SMILES string of the molecule is O=C(Cn1cccn1)NCCC1CCNC1. The second kappa shape index (κ2) is 5.65. The fraction of sp³-hybridized carbons (Fsp3) is 0.636. The molecular weight excluding hydrogens is 204 g/mol. The van der Waals surface area contributed by atoms with E-state index in [2.05, 4.69) is 15.7 Å². The maximum Gasteiger partial charge on any atom is 0.241 e. The minimum absolute atomic E-state index is 0.0367. The molecule has 2 rings (SSSR count). The van der Waals surface area contributed by atoms with Gasteiger partial charge in [0.15, 0.2) is 0 Å². The quantitative estimate of drug-likeness (QED) is 0.737. The number of carbonyl (C=O) groups excluding carboxylic acids is 1. The molecular formula is C11H18N4O. The zero-order valence-corrected chi connectivity index (χ0v) is 9.35. The van der Waals surface area contributed by atoms with E-state index >= 15 is 0 Å². The molecule has 0 spiro atoms. The van der Waals surface area contributed by atoms with Crippen molar-refractivity contribution < 1.29 is 4.79 Å². The molecule has 0 bridgehead atoms. The van der Waals surface area contributed by atoms with Gasteiger partial charge >= 0.3 is 0 Å². The highest BCUT2D eigenvalue weighted by Crippen LogP contribution is 2.10. The number of rotatable bonds is 5. The Labute approximate surface area is 95.2 Å². The fourth-order valence-electron chi connectivity index (χ4n) is 1.97. The molecule has 1 unspecified atom stereocenters. The van der Waals surface area contributed by atoms with Crippen molar-refractivity contribution in [3.63, 3.8) is 0 Å². The molecule has 1 aliphatic rings. The molecule has 0 aliphatic carbocycles. The van der Waals surface area contributed by atoms with E-state index in [4.69, 9.17) is 0 Å². The lowest BCUT2D eigenvalue weighted by Gasteiger charge is -2.09. The van der Waals surface area contributed by atoms with Gasteiger partial charge in [0.2, 0.25) is 5.91 Å². The second-order valence-corrected chi connectivity index (χ2v) is 4.20. The monoisotopic (exact) mass is 222 g/mol. The third-order valence-corrected chi connectivity index (χ3v) is 2.90. The van der Waals surface area contributed by atoms with Crippen molar-refractivity contribution in [2.45, 2.75) is 19.4 Å². The number of hydrogen-bond donors (Lipinski definition) is 2. The molecule has 1 aromatic heterocycles. The summed E-state index contributed by atoms with van der Waals surface area (Å²) in [5.41, 5.74) is 0. The molecule has 16 heavy (non-hydrogen) atoms. The number of aromatic nitrogens is 2. The lowest BCUT2D eigenvalue weighted by Crippen LogP contribution is -2.29. The Morgan fingerprint density at radius 1 is 1.62 bits per heavy atom. The Balaban J connectivity index is 1.60. The van der Waals surface area contributed by atoms with Crippen molar-refractivity contribution >= 4 is 5.91 Å². The van der Waals surface area contributed by atoms with E-state index < -0.39 is 0 Å². The minimum Gasteiger partial charge on any atom is -0.354 e. The van der Waals surface area contributed by atoms with Gasteiger partial charge in [-0.05, 0) is 37.9 Å². The largest absolute Gasteiger partial charge is 0.354 e. The molecule has 0 radical (unpaired) electrons. The topological polar surface area (TPSA) is 59.0 Å². The first-order valence-corrected chi connectivity index (χ1v) is 5.79. The van der Waals surface area contributed by atoms with Crippen LogP contribution in [0.5, 0.6) is 0 Å². The summed E-state index contributed by atoms with van der Waals surface area (Å²) in [4.78, 5) is 11.5. The Morgan fingerprint density at radius 2 is 2.56 bits per heavy atom. The van der Waals surface area contributed by atoms with Crippen LogP contribution in [0.4, 0.5) is 0 Å². The molecule has 1 aliphatic heterocycles. The summed E-state index contributed by atoms with van der Waals surface area (Å²) in [6.07, 6.45) is 5.77. The summed E-state index contributed by atoms with van der Waals surface area (Å²) in [6, 6.07) is 1.82. The maximum absolute atomic E-state index is 11.5. The molecule has 5 nitrogen and oxygen atoms in total. The highest BCUT2D eigenvalue weighted by molar-refractivity contribution is 5.75. The Hall–Kier alpha value is -1.36. The van der Waals surface area contributed by atoms with Crippen molar-refractivity contribution in [3.05, 3.63) is 18.5 Å². The molecule has 1 amide bonds. The van der Waals surface area contributed by atoms with Gasteiger partial charge in [-0.1, -0.05) is 0 Å². The summed E-state index contributed by atoms with van der Waals surface area (Å²) in [5.74, 6) is 0.764. The van der Waals surface area contributed by atoms with Gasteiger partial charge in [0, 0.05) is 18.9 Å². The molecule has 2 N–H and O–H groups in total. The van der Waals surface area contributed by atoms with Crippen LogP contribution in [0, 0.1) is 5.92 Å². The van der Waals surface area contributed by atoms with Gasteiger partial charge in [0.1, 0.15) is 6.54 Å². The van der Waals surface area contributed by atoms with E-state index in [1.165, 1.54) is 6.42 Å². The average Bonchev–Trinajstić information content (AvgIpc) is 2.90. The molecule has 0 aromatic carbocycles. The van der Waals surface area contributed by atoms with Gasteiger partial charge in [-0.15, -0.1) is 0 Å². The van der Waals surface area contributed by atoms with Crippen LogP contribution < -0.4 is 10.6 Å². The first kappa shape index (κ1) is 11.1. The Morgan fingerprint density at radius 3 is 3.25 bits per heavy atom. The van der Waals surface area contributed by atoms with Gasteiger partial charge in [-0.3, -0.25) is 9.48 Å². The van der Waals surface area contributed by atoms with Gasteiger partial charge < -0.3 is 10.6 Å². The summed E-state index contributed by atoms with van der Waals surface area (Å²) in [6.45, 7) is 3.29. The Bertz CT molecular complexity index is 317. The molecule has 1 saturated heterocycles. The van der Waals surface area contributed by atoms with E-state index in [1.54, 1.807) is 17.1 Å². The number of hydrogen-bond acceptors (Lipinski definition) is 3. The first-order valence-electron chi connectivity index (χ1n) is 5.79. The van der Waals surface area contributed by atoms with Crippen LogP contribution in [0.25, 0.3) is 0 Å². The summed E-state index contributed by atoms with van der Waals surface area (Å²) >= 11 is 0. The van der Waals surface area contributed by atoms with Crippen LogP contribution in [0.15, 0.2) is 18.5 Å². The molecule has 5 heteroatoms. The van der Waals surface area contributed by atoms with Crippen LogP contribution in [0.2, 0.25) is 0 Å². The lowest BCUT2D eigenvalue weighted by atomic mass is 10.1. The predicted octanol–water partition coefficient (Wildman–Crippen LogP) is -0.00110. The van der Waals surface area contributed by atoms with Gasteiger partial charge in [0.05, 0.1) is 0 Å². The van der Waals surface area contributed by atoms with E-state index in [0.717, 1.165) is 32.0 Å². The van der Waals surface area contributed by atoms with Crippen molar-refractivity contribution in [2.24, 2.45) is 5.92 Å². The highest BCUT2D eigenvalue weighted by atomic mass is 16.2. The van der Waals surface area contributed by atoms with Crippen LogP contribution in [-0.2, 0) is 11.3 Å². The Kier molecular flexibility index (Phi) is 3.93. The van der Waals surface area contributed by atoms with E-state index in [1.807, 2.05) is 6.07 Å². The van der Waals surface area contributed by atoms with Gasteiger partial charge in [-0.2, -0.15) is 5.10 Å². The molecule has 88 valence electrons. The summed E-state index contributed by atoms with van der Waals surface area (Å²) < 4.78 is 1.63. The van der Waals surface area contributed by atoms with Crippen molar-refractivity contribution in [1.82, 2.24) is 20.4 Å². The fourth-order valence-corrected chi connectivity index (χ4v) is 1.97. The molecule has 1 aromatic rings. The third-order valence-electron chi connectivity index (χ3n) is 2.90. The van der Waals surface area contributed by atoms with Crippen LogP contribution >= 0.6 is 0 Å². The van der Waals surface area contributed by atoms with E-state index in [-0.39, 0.29) is 5.91 Å². The first-order chi connectivity index (χ1) is 7.84. The number of amides is 1. The van der Waals surface area contributed by atoms with Crippen molar-refractivity contribution in [1.29, 1.82) is 0 Å². The van der Waals surface area contributed by atoms with Gasteiger partial charge in [0.25, 0.3) is 0 Å². The smallest absolute Gasteiger partial charge is 0.241 e. The third kappa shape index (κ3) is 3.34. The zero-order chi connectivity index (χ0) is 11.2. The predicted molar refractivity (Wildman–Crippen MR) is 60.8 cm³/mol.